The average molecular weight is 278 g/mol. The van der Waals surface area contributed by atoms with Crippen molar-refractivity contribution >= 4 is 11.7 Å². The Bertz CT molecular complexity index is 444. The van der Waals surface area contributed by atoms with E-state index in [1.165, 1.54) is 0 Å². The molecule has 1 aromatic rings. The van der Waals surface area contributed by atoms with Crippen molar-refractivity contribution in [2.24, 2.45) is 0 Å². The number of anilines is 1. The molecule has 1 saturated heterocycles. The van der Waals surface area contributed by atoms with Crippen molar-refractivity contribution in [3.63, 3.8) is 0 Å². The summed E-state index contributed by atoms with van der Waals surface area (Å²) in [7, 11) is 0. The maximum Gasteiger partial charge on any atom is 0.319 e. The number of amides is 2. The van der Waals surface area contributed by atoms with Gasteiger partial charge in [-0.1, -0.05) is 12.1 Å². The first-order chi connectivity index (χ1) is 9.70. The van der Waals surface area contributed by atoms with E-state index in [0.717, 1.165) is 19.4 Å². The van der Waals surface area contributed by atoms with E-state index in [-0.39, 0.29) is 18.2 Å². The summed E-state index contributed by atoms with van der Waals surface area (Å²) in [4.78, 5) is 12.0. The lowest BCUT2D eigenvalue weighted by Crippen LogP contribution is -2.43. The van der Waals surface area contributed by atoms with Crippen molar-refractivity contribution in [1.29, 1.82) is 0 Å². The fourth-order valence-corrected chi connectivity index (χ4v) is 2.31. The zero-order valence-electron chi connectivity index (χ0n) is 12.0. The lowest BCUT2D eigenvalue weighted by Gasteiger charge is -2.20. The molecule has 5 heteroatoms. The molecule has 1 heterocycles. The lowest BCUT2D eigenvalue weighted by molar-refractivity contribution is 0.0868. The number of nitrogens with one attached hydrogen (secondary N) is 2. The number of carbonyl (C=O) groups is 1. The van der Waals surface area contributed by atoms with Gasteiger partial charge in [-0.2, -0.15) is 0 Å². The number of benzene rings is 1. The van der Waals surface area contributed by atoms with Gasteiger partial charge in [0.1, 0.15) is 5.75 Å². The van der Waals surface area contributed by atoms with Gasteiger partial charge in [0, 0.05) is 6.61 Å². The molecule has 2 amide bonds. The van der Waals surface area contributed by atoms with Crippen LogP contribution < -0.4 is 15.4 Å². The van der Waals surface area contributed by atoms with Crippen LogP contribution in [0.4, 0.5) is 10.5 Å². The molecule has 1 aromatic carbocycles. The molecule has 0 saturated carbocycles. The summed E-state index contributed by atoms with van der Waals surface area (Å²) in [5.41, 5.74) is 0.673. The lowest BCUT2D eigenvalue weighted by atomic mass is 10.1. The van der Waals surface area contributed by atoms with E-state index in [4.69, 9.17) is 9.47 Å². The molecule has 1 fully saturated rings. The average Bonchev–Trinajstić information content (AvgIpc) is 2.95. The Labute approximate surface area is 119 Å². The highest BCUT2D eigenvalue weighted by Crippen LogP contribution is 2.23. The molecule has 2 N–H and O–H groups in total. The SMILES string of the molecule is CCOc1ccccc1NC(=O)N[C@H](C)[C@H]1CCCO1. The normalized spacial score (nSPS) is 19.4. The summed E-state index contributed by atoms with van der Waals surface area (Å²) in [6.07, 6.45) is 2.17. The van der Waals surface area contributed by atoms with E-state index >= 15 is 0 Å². The quantitative estimate of drug-likeness (QED) is 0.870. The Morgan fingerprint density at radius 3 is 3.00 bits per heavy atom. The number of rotatable bonds is 5. The van der Waals surface area contributed by atoms with Gasteiger partial charge < -0.3 is 20.1 Å². The van der Waals surface area contributed by atoms with Gasteiger partial charge >= 0.3 is 6.03 Å². The van der Waals surface area contributed by atoms with Crippen molar-refractivity contribution in [2.45, 2.75) is 38.8 Å². The molecule has 1 aliphatic rings. The van der Waals surface area contributed by atoms with Crippen molar-refractivity contribution in [2.75, 3.05) is 18.5 Å². The minimum absolute atomic E-state index is 0.00300. The maximum atomic E-state index is 12.0. The van der Waals surface area contributed by atoms with Crippen molar-refractivity contribution in [3.05, 3.63) is 24.3 Å². The second-order valence-electron chi connectivity index (χ2n) is 4.87. The van der Waals surface area contributed by atoms with Gasteiger partial charge in [0.2, 0.25) is 0 Å². The summed E-state index contributed by atoms with van der Waals surface area (Å²) >= 11 is 0. The predicted octanol–water partition coefficient (Wildman–Crippen LogP) is 2.77. The van der Waals surface area contributed by atoms with Crippen molar-refractivity contribution in [1.82, 2.24) is 5.32 Å². The van der Waals surface area contributed by atoms with Gasteiger partial charge in [0.15, 0.2) is 0 Å². The van der Waals surface area contributed by atoms with E-state index in [0.29, 0.717) is 18.0 Å². The first-order valence-corrected chi connectivity index (χ1v) is 7.11. The molecule has 2 rings (SSSR count). The van der Waals surface area contributed by atoms with Crippen LogP contribution in [0.25, 0.3) is 0 Å². The fourth-order valence-electron chi connectivity index (χ4n) is 2.31. The van der Waals surface area contributed by atoms with E-state index in [2.05, 4.69) is 10.6 Å². The van der Waals surface area contributed by atoms with Crippen LogP contribution in [0.5, 0.6) is 5.75 Å². The monoisotopic (exact) mass is 278 g/mol. The van der Waals surface area contributed by atoms with Gasteiger partial charge in [0.25, 0.3) is 0 Å². The first kappa shape index (κ1) is 14.7. The Morgan fingerprint density at radius 1 is 1.50 bits per heavy atom. The molecular formula is C15H22N2O3. The van der Waals surface area contributed by atoms with Crippen LogP contribution in [0.3, 0.4) is 0 Å². The van der Waals surface area contributed by atoms with Gasteiger partial charge in [-0.3, -0.25) is 0 Å². The number of hydrogen-bond donors (Lipinski definition) is 2. The van der Waals surface area contributed by atoms with Gasteiger partial charge in [-0.25, -0.2) is 4.79 Å². The predicted molar refractivity (Wildman–Crippen MR) is 78.2 cm³/mol. The summed E-state index contributed by atoms with van der Waals surface area (Å²) in [6.45, 7) is 5.22. The van der Waals surface area contributed by atoms with E-state index in [1.54, 1.807) is 0 Å². The molecule has 0 unspecified atom stereocenters. The molecular weight excluding hydrogens is 256 g/mol. The smallest absolute Gasteiger partial charge is 0.319 e. The summed E-state index contributed by atoms with van der Waals surface area (Å²) in [5, 5.41) is 5.73. The highest BCUT2D eigenvalue weighted by molar-refractivity contribution is 5.91. The van der Waals surface area contributed by atoms with Crippen molar-refractivity contribution < 1.29 is 14.3 Å². The number of carbonyl (C=O) groups excluding carboxylic acids is 1. The minimum Gasteiger partial charge on any atom is -0.492 e. The van der Waals surface area contributed by atoms with E-state index in [9.17, 15) is 4.79 Å². The molecule has 2 atom stereocenters. The Balaban J connectivity index is 1.90. The molecule has 0 aromatic heterocycles. The van der Waals surface area contributed by atoms with Gasteiger partial charge in [-0.15, -0.1) is 0 Å². The van der Waals surface area contributed by atoms with E-state index < -0.39 is 0 Å². The van der Waals surface area contributed by atoms with Gasteiger partial charge in [0.05, 0.1) is 24.4 Å². The number of hydrogen-bond acceptors (Lipinski definition) is 3. The Kier molecular flexibility index (Phi) is 5.24. The van der Waals surface area contributed by atoms with Crippen LogP contribution in [0, 0.1) is 0 Å². The molecule has 0 aliphatic carbocycles. The summed E-state index contributed by atoms with van der Waals surface area (Å²) < 4.78 is 11.0. The third-order valence-corrected chi connectivity index (χ3v) is 3.32. The molecule has 0 radical (unpaired) electrons. The Morgan fingerprint density at radius 2 is 2.30 bits per heavy atom. The number of ether oxygens (including phenoxy) is 2. The van der Waals surface area contributed by atoms with Crippen LogP contribution in [0.2, 0.25) is 0 Å². The topological polar surface area (TPSA) is 59.6 Å². The molecule has 1 aliphatic heterocycles. The fraction of sp³-hybridized carbons (Fsp3) is 0.533. The number of urea groups is 1. The molecule has 0 spiro atoms. The van der Waals surface area contributed by atoms with Crippen molar-refractivity contribution in [3.8, 4) is 5.75 Å². The highest BCUT2D eigenvalue weighted by Gasteiger charge is 2.23. The largest absolute Gasteiger partial charge is 0.492 e. The minimum atomic E-state index is -0.236. The Hall–Kier alpha value is -1.75. The van der Waals surface area contributed by atoms with Gasteiger partial charge in [-0.05, 0) is 38.8 Å². The third-order valence-electron chi connectivity index (χ3n) is 3.32. The van der Waals surface area contributed by atoms with Crippen LogP contribution in [0.15, 0.2) is 24.3 Å². The van der Waals surface area contributed by atoms with E-state index in [1.807, 2.05) is 38.1 Å². The van der Waals surface area contributed by atoms with Crippen LogP contribution in [0.1, 0.15) is 26.7 Å². The molecule has 20 heavy (non-hydrogen) atoms. The summed E-state index contributed by atoms with van der Waals surface area (Å²) in [6, 6.07) is 7.16. The maximum absolute atomic E-state index is 12.0. The first-order valence-electron chi connectivity index (χ1n) is 7.11. The zero-order valence-corrected chi connectivity index (χ0v) is 12.0. The molecule has 110 valence electrons. The standard InChI is InChI=1S/C15H22N2O3/c1-3-19-14-8-5-4-7-12(14)17-15(18)16-11(2)13-9-6-10-20-13/h4-5,7-8,11,13H,3,6,9-10H2,1-2H3,(H2,16,17,18)/t11-,13-/m1/s1. The zero-order chi connectivity index (χ0) is 14.4. The second kappa shape index (κ2) is 7.14. The number of para-hydroxylation sites is 2. The molecule has 5 nitrogen and oxygen atoms in total. The summed E-state index contributed by atoms with van der Waals surface area (Å²) in [5.74, 6) is 0.676. The van der Waals surface area contributed by atoms with Crippen LogP contribution in [-0.2, 0) is 4.74 Å². The second-order valence-corrected chi connectivity index (χ2v) is 4.87. The molecule has 0 bridgehead atoms. The third kappa shape index (κ3) is 3.87. The highest BCUT2D eigenvalue weighted by atomic mass is 16.5. The van der Waals surface area contributed by atoms with Crippen LogP contribution in [-0.4, -0.2) is 31.4 Å². The van der Waals surface area contributed by atoms with Crippen LogP contribution >= 0.6 is 0 Å².